The monoisotopic (exact) mass is 400 g/mol. The van der Waals surface area contributed by atoms with Gasteiger partial charge in [0.25, 0.3) is 0 Å². The maximum absolute atomic E-state index is 12.2. The van der Waals surface area contributed by atoms with Gasteiger partial charge >= 0.3 is 5.97 Å². The maximum atomic E-state index is 12.2. The van der Waals surface area contributed by atoms with Crippen molar-refractivity contribution in [1.82, 2.24) is 9.62 Å². The Balaban J connectivity index is 2.90. The van der Waals surface area contributed by atoms with E-state index in [1.165, 1.54) is 6.92 Å². The SMILES string of the molecule is CN(C)CC(C)(O)CNS(=O)(=O)c1cc(C(=O)O)sc1Br. The van der Waals surface area contributed by atoms with Crippen LogP contribution in [0.15, 0.2) is 14.7 Å². The molecule has 0 bridgehead atoms. The molecule has 0 fully saturated rings. The van der Waals surface area contributed by atoms with Crippen LogP contribution in [0.3, 0.4) is 0 Å². The van der Waals surface area contributed by atoms with E-state index in [0.29, 0.717) is 0 Å². The molecule has 21 heavy (non-hydrogen) atoms. The number of hydrogen-bond acceptors (Lipinski definition) is 6. The van der Waals surface area contributed by atoms with Gasteiger partial charge in [0.15, 0.2) is 0 Å². The van der Waals surface area contributed by atoms with Crippen LogP contribution in [-0.2, 0) is 10.0 Å². The lowest BCUT2D eigenvalue weighted by molar-refractivity contribution is 0.0386. The minimum atomic E-state index is -3.90. The van der Waals surface area contributed by atoms with Gasteiger partial charge in [-0.25, -0.2) is 17.9 Å². The Morgan fingerprint density at radius 1 is 1.52 bits per heavy atom. The maximum Gasteiger partial charge on any atom is 0.345 e. The predicted octanol–water partition coefficient (Wildman–Crippen LogP) is 0.800. The molecule has 0 amide bonds. The topological polar surface area (TPSA) is 107 Å². The number of sulfonamides is 1. The van der Waals surface area contributed by atoms with E-state index in [1.807, 2.05) is 0 Å². The number of nitrogens with zero attached hydrogens (tertiary/aromatic N) is 1. The lowest BCUT2D eigenvalue weighted by atomic mass is 10.1. The Hall–Kier alpha value is -0.520. The average Bonchev–Trinajstić information content (AvgIpc) is 2.68. The molecule has 0 spiro atoms. The summed E-state index contributed by atoms with van der Waals surface area (Å²) < 4.78 is 26.8. The van der Waals surface area contributed by atoms with E-state index in [0.717, 1.165) is 17.4 Å². The number of hydrogen-bond donors (Lipinski definition) is 3. The van der Waals surface area contributed by atoms with Gasteiger partial charge in [0.05, 0.1) is 9.39 Å². The van der Waals surface area contributed by atoms with Crippen molar-refractivity contribution in [3.8, 4) is 0 Å². The molecule has 1 unspecified atom stereocenters. The molecule has 3 N–H and O–H groups in total. The van der Waals surface area contributed by atoms with Gasteiger partial charge in [0, 0.05) is 13.1 Å². The molecule has 0 saturated carbocycles. The zero-order valence-electron chi connectivity index (χ0n) is 11.8. The lowest BCUT2D eigenvalue weighted by Crippen LogP contribution is -2.47. The third-order valence-electron chi connectivity index (χ3n) is 2.46. The van der Waals surface area contributed by atoms with Gasteiger partial charge in [-0.2, -0.15) is 0 Å². The van der Waals surface area contributed by atoms with Crippen LogP contribution < -0.4 is 4.72 Å². The summed E-state index contributed by atoms with van der Waals surface area (Å²) in [5, 5.41) is 19.0. The van der Waals surface area contributed by atoms with Crippen molar-refractivity contribution in [2.45, 2.75) is 17.4 Å². The Bertz CT molecular complexity index is 625. The fraction of sp³-hybridized carbons (Fsp3) is 0.545. The summed E-state index contributed by atoms with van der Waals surface area (Å²) in [5.74, 6) is -1.19. The fourth-order valence-corrected chi connectivity index (χ4v) is 5.27. The van der Waals surface area contributed by atoms with E-state index in [2.05, 4.69) is 20.7 Å². The van der Waals surface area contributed by atoms with Crippen LogP contribution in [0.2, 0.25) is 0 Å². The van der Waals surface area contributed by atoms with Gasteiger partial charge in [-0.15, -0.1) is 11.3 Å². The van der Waals surface area contributed by atoms with Crippen LogP contribution in [0.1, 0.15) is 16.6 Å². The molecule has 0 aliphatic heterocycles. The van der Waals surface area contributed by atoms with Crippen molar-refractivity contribution in [2.24, 2.45) is 0 Å². The minimum absolute atomic E-state index is 0.0812. The number of aromatic carboxylic acids is 1. The first-order valence-corrected chi connectivity index (χ1v) is 8.93. The minimum Gasteiger partial charge on any atom is -0.477 e. The van der Waals surface area contributed by atoms with Crippen molar-refractivity contribution in [3.05, 3.63) is 14.7 Å². The highest BCUT2D eigenvalue weighted by atomic mass is 79.9. The van der Waals surface area contributed by atoms with Crippen molar-refractivity contribution in [1.29, 1.82) is 0 Å². The highest BCUT2D eigenvalue weighted by Crippen LogP contribution is 2.31. The number of carbonyl (C=O) groups is 1. The first kappa shape index (κ1) is 18.5. The standard InChI is InChI=1S/C11H17BrN2O5S2/c1-11(17,6-14(2)3)5-13-21(18,19)8-4-7(10(15)16)20-9(8)12/h4,13,17H,5-6H2,1-3H3,(H,15,16). The van der Waals surface area contributed by atoms with Gasteiger partial charge in [-0.05, 0) is 43.0 Å². The van der Waals surface area contributed by atoms with Crippen molar-refractivity contribution in [3.63, 3.8) is 0 Å². The van der Waals surface area contributed by atoms with E-state index in [9.17, 15) is 18.3 Å². The average molecular weight is 401 g/mol. The van der Waals surface area contributed by atoms with Crippen LogP contribution >= 0.6 is 27.3 Å². The zero-order valence-corrected chi connectivity index (χ0v) is 15.0. The number of aliphatic hydroxyl groups is 1. The van der Waals surface area contributed by atoms with Crippen LogP contribution in [-0.4, -0.2) is 62.3 Å². The third-order valence-corrected chi connectivity index (χ3v) is 6.10. The van der Waals surface area contributed by atoms with Gasteiger partial charge < -0.3 is 15.1 Å². The smallest absolute Gasteiger partial charge is 0.345 e. The van der Waals surface area contributed by atoms with Crippen molar-refractivity contribution >= 4 is 43.3 Å². The molecule has 1 heterocycles. The van der Waals surface area contributed by atoms with Gasteiger partial charge in [-0.1, -0.05) is 0 Å². The number of carboxylic acids is 1. The summed E-state index contributed by atoms with van der Waals surface area (Å²) in [6, 6.07) is 1.08. The lowest BCUT2D eigenvalue weighted by Gasteiger charge is -2.26. The second-order valence-corrected chi connectivity index (χ2v) is 9.22. The summed E-state index contributed by atoms with van der Waals surface area (Å²) in [6.07, 6.45) is 0. The Morgan fingerprint density at radius 3 is 2.52 bits per heavy atom. The van der Waals surface area contributed by atoms with Crippen molar-refractivity contribution < 1.29 is 23.4 Å². The van der Waals surface area contributed by atoms with Crippen molar-refractivity contribution in [2.75, 3.05) is 27.2 Å². The first-order chi connectivity index (χ1) is 9.44. The van der Waals surface area contributed by atoms with E-state index in [1.54, 1.807) is 19.0 Å². The molecule has 0 aliphatic rings. The number of rotatable bonds is 7. The zero-order chi connectivity index (χ0) is 16.4. The molecule has 1 atom stereocenters. The quantitative estimate of drug-likeness (QED) is 0.624. The highest BCUT2D eigenvalue weighted by molar-refractivity contribution is 9.11. The van der Waals surface area contributed by atoms with E-state index < -0.39 is 21.6 Å². The Labute approximate surface area is 135 Å². The number of halogens is 1. The van der Waals surface area contributed by atoms with Gasteiger partial charge in [0.2, 0.25) is 10.0 Å². The summed E-state index contributed by atoms with van der Waals surface area (Å²) >= 11 is 3.87. The largest absolute Gasteiger partial charge is 0.477 e. The molecular weight excluding hydrogens is 384 g/mol. The molecule has 7 nitrogen and oxygen atoms in total. The molecule has 120 valence electrons. The molecule has 0 aromatic carbocycles. The van der Waals surface area contributed by atoms with Crippen LogP contribution in [0.25, 0.3) is 0 Å². The summed E-state index contributed by atoms with van der Waals surface area (Å²) in [5.41, 5.74) is -1.24. The van der Waals surface area contributed by atoms with Crippen LogP contribution in [0.5, 0.6) is 0 Å². The molecule has 1 aromatic rings. The number of thiophene rings is 1. The van der Waals surface area contributed by atoms with Crippen LogP contribution in [0.4, 0.5) is 0 Å². The molecule has 0 aliphatic carbocycles. The second-order valence-electron chi connectivity index (χ2n) is 5.11. The highest BCUT2D eigenvalue weighted by Gasteiger charge is 2.27. The fourth-order valence-electron chi connectivity index (χ4n) is 1.71. The number of likely N-dealkylation sites (N-methyl/N-ethyl adjacent to an activating group) is 1. The number of carboxylic acid groups (broad SMARTS) is 1. The van der Waals surface area contributed by atoms with E-state index in [-0.39, 0.29) is 26.6 Å². The Morgan fingerprint density at radius 2 is 2.10 bits per heavy atom. The van der Waals surface area contributed by atoms with Crippen LogP contribution in [0, 0.1) is 0 Å². The summed E-state index contributed by atoms with van der Waals surface area (Å²) in [7, 11) is -0.378. The third kappa shape index (κ3) is 5.31. The predicted molar refractivity (Wildman–Crippen MR) is 83.3 cm³/mol. The summed E-state index contributed by atoms with van der Waals surface area (Å²) in [6.45, 7) is 1.61. The summed E-state index contributed by atoms with van der Waals surface area (Å²) in [4.78, 5) is 12.4. The van der Waals surface area contributed by atoms with Gasteiger partial charge in [0.1, 0.15) is 9.77 Å². The molecular formula is C11H17BrN2O5S2. The molecule has 10 heteroatoms. The molecule has 1 aromatic heterocycles. The molecule has 0 saturated heterocycles. The Kier molecular flexibility index (Phi) is 5.92. The number of nitrogens with one attached hydrogen (secondary N) is 1. The first-order valence-electron chi connectivity index (χ1n) is 5.84. The van der Waals surface area contributed by atoms with Gasteiger partial charge in [-0.3, -0.25) is 0 Å². The molecule has 1 rings (SSSR count). The van der Waals surface area contributed by atoms with E-state index >= 15 is 0 Å². The molecule has 0 radical (unpaired) electrons. The second kappa shape index (κ2) is 6.71. The van der Waals surface area contributed by atoms with E-state index in [4.69, 9.17) is 5.11 Å². The normalized spacial score (nSPS) is 15.1.